The van der Waals surface area contributed by atoms with E-state index < -0.39 is 0 Å². The second-order valence-corrected chi connectivity index (χ2v) is 16.4. The van der Waals surface area contributed by atoms with E-state index in [2.05, 4.69) is 254 Å². The summed E-state index contributed by atoms with van der Waals surface area (Å²) in [5, 5.41) is 12.5. The van der Waals surface area contributed by atoms with Crippen LogP contribution in [0.2, 0.25) is 0 Å². The Bertz CT molecular complexity index is 3660. The fourth-order valence-electron chi connectivity index (χ4n) is 9.83. The molecule has 0 unspecified atom stereocenters. The van der Waals surface area contributed by atoms with Gasteiger partial charge in [0.1, 0.15) is 0 Å². The summed E-state index contributed by atoms with van der Waals surface area (Å²) in [5.41, 5.74) is 12.9. The van der Waals surface area contributed by atoms with Crippen LogP contribution in [0.1, 0.15) is 0 Å². The average molecular weight is 800 g/mol. The van der Waals surface area contributed by atoms with Crippen molar-refractivity contribution in [1.29, 1.82) is 0 Å². The molecule has 12 aromatic carbocycles. The SMILES string of the molecule is c1ccc2c(-c3ccc(N(c4ccc(-c5cc6ccccc6c6ccccc56)cc4)c4cc(-c5cccc6ccccc56)ccc4-c4cccc5ccccc45)cc3)cccc2c1. The second kappa shape index (κ2) is 15.3. The van der Waals surface area contributed by atoms with E-state index in [1.54, 1.807) is 0 Å². The van der Waals surface area contributed by atoms with Gasteiger partial charge in [-0.05, 0) is 129 Å². The topological polar surface area (TPSA) is 3.24 Å². The number of benzene rings is 12. The van der Waals surface area contributed by atoms with Gasteiger partial charge in [0, 0.05) is 16.9 Å². The maximum atomic E-state index is 2.46. The Kier molecular flexibility index (Phi) is 8.90. The van der Waals surface area contributed by atoms with Crippen LogP contribution in [0.4, 0.5) is 17.1 Å². The highest BCUT2D eigenvalue weighted by atomic mass is 15.1. The number of fused-ring (bicyclic) bond motifs is 6. The predicted octanol–water partition coefficient (Wildman–Crippen LogP) is 17.6. The minimum Gasteiger partial charge on any atom is -0.310 e. The average Bonchev–Trinajstić information content (AvgIpc) is 3.36. The Morgan fingerprint density at radius 2 is 0.603 bits per heavy atom. The molecule has 0 N–H and O–H groups in total. The molecule has 12 rings (SSSR count). The van der Waals surface area contributed by atoms with Crippen LogP contribution in [0.3, 0.4) is 0 Å². The van der Waals surface area contributed by atoms with Crippen molar-refractivity contribution in [2.24, 2.45) is 0 Å². The number of hydrogen-bond acceptors (Lipinski definition) is 1. The van der Waals surface area contributed by atoms with Crippen molar-refractivity contribution in [3.63, 3.8) is 0 Å². The highest BCUT2D eigenvalue weighted by Crippen LogP contribution is 2.46. The van der Waals surface area contributed by atoms with Crippen LogP contribution < -0.4 is 4.90 Å². The minimum atomic E-state index is 1.08. The zero-order valence-electron chi connectivity index (χ0n) is 34.6. The standard InChI is InChI=1S/C62H41N/c1-5-21-51-42(14-1)18-11-27-53(51)45-30-35-49(36-31-45)63(50-37-32-46(33-38-50)61-40-47-17-4-8-24-56(47)57-25-9-10-26-59(57)61)62-41-48(55-28-12-19-43-15-2-6-22-52(43)55)34-39-60(62)58-29-13-20-44-16-3-7-23-54(44)58/h1-41H. The van der Waals surface area contributed by atoms with Crippen molar-refractivity contribution in [2.75, 3.05) is 4.90 Å². The third kappa shape index (κ3) is 6.42. The third-order valence-electron chi connectivity index (χ3n) is 12.8. The van der Waals surface area contributed by atoms with Gasteiger partial charge < -0.3 is 4.90 Å². The molecule has 0 saturated heterocycles. The molecule has 0 spiro atoms. The molecule has 63 heavy (non-hydrogen) atoms. The lowest BCUT2D eigenvalue weighted by Gasteiger charge is -2.29. The largest absolute Gasteiger partial charge is 0.310 e. The van der Waals surface area contributed by atoms with Gasteiger partial charge in [-0.3, -0.25) is 0 Å². The molecule has 0 heterocycles. The Labute approximate surface area is 367 Å². The van der Waals surface area contributed by atoms with Crippen molar-refractivity contribution in [1.82, 2.24) is 0 Å². The van der Waals surface area contributed by atoms with Gasteiger partial charge in [-0.15, -0.1) is 0 Å². The summed E-state index contributed by atoms with van der Waals surface area (Å²) < 4.78 is 0. The first kappa shape index (κ1) is 36.6. The van der Waals surface area contributed by atoms with Gasteiger partial charge in [0.2, 0.25) is 0 Å². The molecule has 1 heteroatoms. The van der Waals surface area contributed by atoms with Crippen molar-refractivity contribution in [3.8, 4) is 44.5 Å². The van der Waals surface area contributed by atoms with E-state index in [0.717, 1.165) is 17.1 Å². The van der Waals surface area contributed by atoms with E-state index in [-0.39, 0.29) is 0 Å². The molecule has 0 aliphatic heterocycles. The Morgan fingerprint density at radius 1 is 0.206 bits per heavy atom. The van der Waals surface area contributed by atoms with Crippen LogP contribution >= 0.6 is 0 Å². The van der Waals surface area contributed by atoms with Gasteiger partial charge in [-0.2, -0.15) is 0 Å². The zero-order valence-corrected chi connectivity index (χ0v) is 34.6. The van der Waals surface area contributed by atoms with Crippen LogP contribution in [0.15, 0.2) is 249 Å². The normalized spacial score (nSPS) is 11.5. The van der Waals surface area contributed by atoms with Gasteiger partial charge in [0.25, 0.3) is 0 Å². The van der Waals surface area contributed by atoms with Crippen molar-refractivity contribution >= 4 is 70.9 Å². The lowest BCUT2D eigenvalue weighted by atomic mass is 9.91. The van der Waals surface area contributed by atoms with E-state index in [0.29, 0.717) is 0 Å². The van der Waals surface area contributed by atoms with Gasteiger partial charge >= 0.3 is 0 Å². The van der Waals surface area contributed by atoms with E-state index in [4.69, 9.17) is 0 Å². The maximum Gasteiger partial charge on any atom is 0.0546 e. The van der Waals surface area contributed by atoms with Gasteiger partial charge in [0.15, 0.2) is 0 Å². The van der Waals surface area contributed by atoms with Crippen molar-refractivity contribution in [2.45, 2.75) is 0 Å². The molecule has 12 aromatic rings. The molecule has 0 bridgehead atoms. The Hall–Kier alpha value is -8.26. The summed E-state index contributed by atoms with van der Waals surface area (Å²) in [6, 6.07) is 91.2. The molecule has 0 fully saturated rings. The highest BCUT2D eigenvalue weighted by Gasteiger charge is 2.21. The summed E-state index contributed by atoms with van der Waals surface area (Å²) >= 11 is 0. The molecule has 0 aliphatic carbocycles. The molecule has 294 valence electrons. The fourth-order valence-corrected chi connectivity index (χ4v) is 9.83. The fraction of sp³-hybridized carbons (Fsp3) is 0. The summed E-state index contributed by atoms with van der Waals surface area (Å²) in [5.74, 6) is 0. The van der Waals surface area contributed by atoms with E-state index in [1.807, 2.05) is 0 Å². The van der Waals surface area contributed by atoms with Gasteiger partial charge in [-0.25, -0.2) is 0 Å². The molecule has 0 amide bonds. The van der Waals surface area contributed by atoms with Crippen LogP contribution in [0.25, 0.3) is 98.4 Å². The summed E-state index contributed by atoms with van der Waals surface area (Å²) in [6.07, 6.45) is 0. The molecule has 0 radical (unpaired) electrons. The minimum absolute atomic E-state index is 1.08. The number of anilines is 3. The van der Waals surface area contributed by atoms with E-state index in [9.17, 15) is 0 Å². The summed E-state index contributed by atoms with van der Waals surface area (Å²) in [6.45, 7) is 0. The van der Waals surface area contributed by atoms with Crippen molar-refractivity contribution in [3.05, 3.63) is 249 Å². The number of nitrogens with zero attached hydrogens (tertiary/aromatic N) is 1. The third-order valence-corrected chi connectivity index (χ3v) is 12.8. The smallest absolute Gasteiger partial charge is 0.0546 e. The van der Waals surface area contributed by atoms with Crippen LogP contribution in [-0.4, -0.2) is 0 Å². The Balaban J connectivity index is 1.09. The second-order valence-electron chi connectivity index (χ2n) is 16.4. The molecule has 0 aliphatic rings. The first-order valence-corrected chi connectivity index (χ1v) is 21.7. The lowest BCUT2D eigenvalue weighted by Crippen LogP contribution is -2.11. The predicted molar refractivity (Wildman–Crippen MR) is 270 cm³/mol. The highest BCUT2D eigenvalue weighted by molar-refractivity contribution is 6.14. The monoisotopic (exact) mass is 799 g/mol. The van der Waals surface area contributed by atoms with Crippen molar-refractivity contribution < 1.29 is 0 Å². The molecular weight excluding hydrogens is 759 g/mol. The van der Waals surface area contributed by atoms with Crippen LogP contribution in [0.5, 0.6) is 0 Å². The van der Waals surface area contributed by atoms with E-state index >= 15 is 0 Å². The number of hydrogen-bond donors (Lipinski definition) is 0. The first-order valence-electron chi connectivity index (χ1n) is 21.7. The molecule has 0 saturated carbocycles. The summed E-state index contributed by atoms with van der Waals surface area (Å²) in [4.78, 5) is 2.46. The number of rotatable bonds is 7. The lowest BCUT2D eigenvalue weighted by molar-refractivity contribution is 1.28. The van der Waals surface area contributed by atoms with Gasteiger partial charge in [0.05, 0.1) is 5.69 Å². The van der Waals surface area contributed by atoms with E-state index in [1.165, 1.54) is 98.4 Å². The molecular formula is C62H41N. The van der Waals surface area contributed by atoms with Gasteiger partial charge in [-0.1, -0.05) is 212 Å². The summed E-state index contributed by atoms with van der Waals surface area (Å²) in [7, 11) is 0. The van der Waals surface area contributed by atoms with Crippen LogP contribution in [-0.2, 0) is 0 Å². The quantitative estimate of drug-likeness (QED) is 0.145. The Morgan fingerprint density at radius 3 is 1.17 bits per heavy atom. The molecule has 1 nitrogen and oxygen atoms in total. The first-order chi connectivity index (χ1) is 31.2. The molecule has 0 aromatic heterocycles. The molecule has 0 atom stereocenters. The zero-order chi connectivity index (χ0) is 41.7. The van der Waals surface area contributed by atoms with Crippen LogP contribution in [0, 0.1) is 0 Å². The maximum absolute atomic E-state index is 2.46.